The van der Waals surface area contributed by atoms with E-state index in [1.165, 1.54) is 48.5 Å². The number of alkyl halides is 6. The Hall–Kier alpha value is -2.35. The van der Waals surface area contributed by atoms with Gasteiger partial charge < -0.3 is 4.79 Å². The molecule has 4 atom stereocenters. The number of piperidine rings is 1. The fourth-order valence-electron chi connectivity index (χ4n) is 4.31. The van der Waals surface area contributed by atoms with Crippen molar-refractivity contribution < 1.29 is 31.1 Å². The van der Waals surface area contributed by atoms with Gasteiger partial charge in [0.05, 0.1) is 5.92 Å². The molecule has 4 unspecified atom stereocenters. The molecule has 1 aliphatic rings. The number of carbonyl (C=O) groups is 1. The first-order valence-corrected chi connectivity index (χ1v) is 9.57. The highest BCUT2D eigenvalue weighted by atomic mass is 19.4. The molecule has 1 fully saturated rings. The first kappa shape index (κ1) is 22.3. The minimum atomic E-state index is -4.78. The molecule has 30 heavy (non-hydrogen) atoms. The zero-order valence-corrected chi connectivity index (χ0v) is 15.9. The second-order valence-electron chi connectivity index (χ2n) is 7.51. The van der Waals surface area contributed by atoms with Crippen LogP contribution in [-0.2, 0) is 4.79 Å². The number of benzene rings is 2. The maximum absolute atomic E-state index is 14.2. The van der Waals surface area contributed by atoms with Gasteiger partial charge in [-0.25, -0.2) is 0 Å². The fourth-order valence-corrected chi connectivity index (χ4v) is 4.31. The highest BCUT2D eigenvalue weighted by molar-refractivity contribution is 5.54. The summed E-state index contributed by atoms with van der Waals surface area (Å²) in [7, 11) is 0. The maximum atomic E-state index is 14.2. The fraction of sp³-hybridized carbons (Fsp3) is 0.409. The highest BCUT2D eigenvalue weighted by Crippen LogP contribution is 2.48. The van der Waals surface area contributed by atoms with Crippen molar-refractivity contribution in [2.45, 2.75) is 43.2 Å². The number of hydrogen-bond donors (Lipinski definition) is 0. The minimum Gasteiger partial charge on any atom is -0.303 e. The van der Waals surface area contributed by atoms with E-state index < -0.39 is 36.3 Å². The monoisotopic (exact) mass is 429 g/mol. The van der Waals surface area contributed by atoms with Gasteiger partial charge in [0, 0.05) is 18.5 Å². The summed E-state index contributed by atoms with van der Waals surface area (Å²) in [5, 5.41) is 0. The topological polar surface area (TPSA) is 20.3 Å². The second kappa shape index (κ2) is 8.79. The lowest BCUT2D eigenvalue weighted by Gasteiger charge is -2.47. The van der Waals surface area contributed by atoms with Crippen molar-refractivity contribution in [3.63, 3.8) is 0 Å². The number of nitrogens with zero attached hydrogens (tertiary/aromatic N) is 1. The molecule has 2 aromatic carbocycles. The summed E-state index contributed by atoms with van der Waals surface area (Å²) in [5.74, 6) is -2.86. The third-order valence-electron chi connectivity index (χ3n) is 5.57. The first-order chi connectivity index (χ1) is 14.1. The average molecular weight is 429 g/mol. The molecule has 1 aliphatic heterocycles. The van der Waals surface area contributed by atoms with Crippen LogP contribution in [-0.4, -0.2) is 36.1 Å². The lowest BCUT2D eigenvalue weighted by molar-refractivity contribution is -0.216. The molecule has 2 aromatic rings. The van der Waals surface area contributed by atoms with Crippen LogP contribution in [0.1, 0.15) is 35.9 Å². The Morgan fingerprint density at radius 2 is 1.37 bits per heavy atom. The summed E-state index contributed by atoms with van der Waals surface area (Å²) in [5.41, 5.74) is -0.228. The van der Waals surface area contributed by atoms with Gasteiger partial charge in [-0.1, -0.05) is 60.7 Å². The number of likely N-dealkylation sites (tertiary alicyclic amines) is 1. The molecule has 1 heterocycles. The van der Waals surface area contributed by atoms with Crippen molar-refractivity contribution in [1.82, 2.24) is 4.90 Å². The van der Waals surface area contributed by atoms with Crippen LogP contribution in [0.25, 0.3) is 0 Å². The molecule has 0 aromatic heterocycles. The molecule has 3 rings (SSSR count). The van der Waals surface area contributed by atoms with E-state index in [2.05, 4.69) is 0 Å². The van der Waals surface area contributed by atoms with E-state index >= 15 is 0 Å². The van der Waals surface area contributed by atoms with Crippen LogP contribution in [0.4, 0.5) is 26.3 Å². The van der Waals surface area contributed by atoms with Crippen molar-refractivity contribution in [3.8, 4) is 0 Å². The molecule has 0 saturated carbocycles. The van der Waals surface area contributed by atoms with Crippen molar-refractivity contribution in [3.05, 3.63) is 71.8 Å². The van der Waals surface area contributed by atoms with Gasteiger partial charge in [-0.3, -0.25) is 4.90 Å². The Labute approximate surface area is 170 Å². The predicted molar refractivity (Wildman–Crippen MR) is 99.8 cm³/mol. The Morgan fingerprint density at radius 3 is 1.83 bits per heavy atom. The Bertz CT molecular complexity index is 821. The van der Waals surface area contributed by atoms with Crippen LogP contribution in [0.5, 0.6) is 0 Å². The number of hydrogen-bond acceptors (Lipinski definition) is 2. The Kier molecular flexibility index (Phi) is 6.55. The van der Waals surface area contributed by atoms with Crippen molar-refractivity contribution in [1.29, 1.82) is 0 Å². The molecular formula is C22H21F6NO. The van der Waals surface area contributed by atoms with E-state index in [4.69, 9.17) is 0 Å². The summed E-state index contributed by atoms with van der Waals surface area (Å²) in [4.78, 5) is 12.2. The van der Waals surface area contributed by atoms with E-state index in [9.17, 15) is 31.1 Å². The van der Waals surface area contributed by atoms with Gasteiger partial charge in [-0.2, -0.15) is 26.3 Å². The molecule has 0 radical (unpaired) electrons. The lowest BCUT2D eigenvalue weighted by atomic mass is 9.79. The average Bonchev–Trinajstić information content (AvgIpc) is 2.69. The van der Waals surface area contributed by atoms with Crippen molar-refractivity contribution in [2.75, 3.05) is 6.54 Å². The number of aldehydes is 1. The van der Waals surface area contributed by atoms with Gasteiger partial charge >= 0.3 is 12.4 Å². The first-order valence-electron chi connectivity index (χ1n) is 9.57. The van der Waals surface area contributed by atoms with Gasteiger partial charge in [-0.05, 0) is 24.0 Å². The molecule has 2 nitrogen and oxygen atoms in total. The van der Waals surface area contributed by atoms with Gasteiger partial charge in [0.1, 0.15) is 12.3 Å². The number of rotatable bonds is 5. The quantitative estimate of drug-likeness (QED) is 0.435. The number of halogens is 6. The van der Waals surface area contributed by atoms with Crippen LogP contribution in [0.3, 0.4) is 0 Å². The zero-order chi connectivity index (χ0) is 21.9. The Morgan fingerprint density at radius 1 is 0.833 bits per heavy atom. The molecule has 0 amide bonds. The summed E-state index contributed by atoms with van der Waals surface area (Å²) in [6.45, 7) is -0.257. The normalized spacial score (nSPS) is 23.0. The summed E-state index contributed by atoms with van der Waals surface area (Å²) in [6.07, 6.45) is -9.21. The minimum absolute atomic E-state index is 0.0821. The third-order valence-corrected chi connectivity index (χ3v) is 5.57. The van der Waals surface area contributed by atoms with Gasteiger partial charge in [-0.15, -0.1) is 0 Å². The maximum Gasteiger partial charge on any atom is 0.408 e. The van der Waals surface area contributed by atoms with E-state index in [0.717, 1.165) is 4.90 Å². The van der Waals surface area contributed by atoms with E-state index in [1.54, 1.807) is 12.1 Å². The highest BCUT2D eigenvalue weighted by Gasteiger charge is 2.54. The Balaban J connectivity index is 2.12. The smallest absolute Gasteiger partial charge is 0.303 e. The van der Waals surface area contributed by atoms with Gasteiger partial charge in [0.15, 0.2) is 0 Å². The molecule has 8 heteroatoms. The van der Waals surface area contributed by atoms with Crippen LogP contribution in [0, 0.1) is 5.92 Å². The molecule has 0 N–H and O–H groups in total. The van der Waals surface area contributed by atoms with E-state index in [0.29, 0.717) is 6.29 Å². The number of carbonyl (C=O) groups excluding carboxylic acids is 1. The largest absolute Gasteiger partial charge is 0.408 e. The van der Waals surface area contributed by atoms with E-state index in [-0.39, 0.29) is 30.5 Å². The van der Waals surface area contributed by atoms with Crippen LogP contribution in [0.2, 0.25) is 0 Å². The molecule has 0 bridgehead atoms. The zero-order valence-electron chi connectivity index (χ0n) is 15.9. The van der Waals surface area contributed by atoms with Crippen molar-refractivity contribution in [2.24, 2.45) is 5.92 Å². The lowest BCUT2D eigenvalue weighted by Crippen LogP contribution is -2.54. The summed E-state index contributed by atoms with van der Waals surface area (Å²) >= 11 is 0. The van der Waals surface area contributed by atoms with Crippen LogP contribution in [0.15, 0.2) is 60.7 Å². The second-order valence-corrected chi connectivity index (χ2v) is 7.51. The van der Waals surface area contributed by atoms with Crippen LogP contribution < -0.4 is 0 Å². The van der Waals surface area contributed by atoms with Gasteiger partial charge in [0.2, 0.25) is 0 Å². The molecule has 1 saturated heterocycles. The molecule has 0 aliphatic carbocycles. The SMILES string of the molecule is O=CC1CCN(C(c2ccccc2)C(F)(F)F)C(C(c2ccccc2)C(F)(F)F)C1. The van der Waals surface area contributed by atoms with Gasteiger partial charge in [0.25, 0.3) is 0 Å². The van der Waals surface area contributed by atoms with Crippen LogP contribution >= 0.6 is 0 Å². The summed E-state index contributed by atoms with van der Waals surface area (Å²) in [6, 6.07) is 10.2. The molecule has 162 valence electrons. The standard InChI is InChI=1S/C22H21F6NO/c23-21(24,25)19(16-7-3-1-4-8-16)18-13-15(14-30)11-12-29(18)20(22(26,27)28)17-9-5-2-6-10-17/h1-10,14-15,18-20H,11-13H2. The van der Waals surface area contributed by atoms with Crippen molar-refractivity contribution >= 4 is 6.29 Å². The molecule has 0 spiro atoms. The summed E-state index contributed by atoms with van der Waals surface area (Å²) < 4.78 is 84.8. The molecular weight excluding hydrogens is 408 g/mol. The third kappa shape index (κ3) is 4.86. The predicted octanol–water partition coefficient (Wildman–Crippen LogP) is 5.92. The van der Waals surface area contributed by atoms with E-state index in [1.807, 2.05) is 0 Å².